The number of nitrogens with zero attached hydrogens (tertiary/aromatic N) is 1. The van der Waals surface area contributed by atoms with Crippen molar-refractivity contribution in [2.75, 3.05) is 5.32 Å². The summed E-state index contributed by atoms with van der Waals surface area (Å²) in [6, 6.07) is 13.3. The Hall–Kier alpha value is -2.73. The second-order valence-corrected chi connectivity index (χ2v) is 8.40. The largest absolute Gasteiger partial charge is 0.345 e. The first kappa shape index (κ1) is 17.4. The number of anilines is 1. The Morgan fingerprint density at radius 3 is 2.75 bits per heavy atom. The molecule has 1 aliphatic carbocycles. The minimum Gasteiger partial charge on any atom is -0.345 e. The summed E-state index contributed by atoms with van der Waals surface area (Å²) in [5, 5.41) is 7.06. The first-order valence-electron chi connectivity index (χ1n) is 9.82. The van der Waals surface area contributed by atoms with Gasteiger partial charge in [0.25, 0.3) is 11.8 Å². The molecule has 0 saturated heterocycles. The fourth-order valence-electron chi connectivity index (χ4n) is 4.55. The third-order valence-electron chi connectivity index (χ3n) is 5.91. The molecule has 1 atom stereocenters. The van der Waals surface area contributed by atoms with Crippen molar-refractivity contribution in [3.05, 3.63) is 59.3 Å². The SMILES string of the molecule is O=C1NC(C2CCCCC2)c2c(NC(=O)c3nsc4ccccc34)cccc21. The average Bonchev–Trinajstić information content (AvgIpc) is 3.31. The predicted octanol–water partition coefficient (Wildman–Crippen LogP) is 4.91. The second kappa shape index (κ2) is 7.02. The van der Waals surface area contributed by atoms with Gasteiger partial charge in [-0.25, -0.2) is 0 Å². The fourth-order valence-corrected chi connectivity index (χ4v) is 5.32. The number of benzene rings is 2. The summed E-state index contributed by atoms with van der Waals surface area (Å²) in [4.78, 5) is 25.5. The summed E-state index contributed by atoms with van der Waals surface area (Å²) in [5.41, 5.74) is 2.77. The van der Waals surface area contributed by atoms with Gasteiger partial charge >= 0.3 is 0 Å². The number of nitrogens with one attached hydrogen (secondary N) is 2. The molecule has 1 fully saturated rings. The van der Waals surface area contributed by atoms with Gasteiger partial charge in [-0.1, -0.05) is 43.5 Å². The lowest BCUT2D eigenvalue weighted by atomic mass is 9.81. The third-order valence-corrected chi connectivity index (χ3v) is 6.74. The van der Waals surface area contributed by atoms with Gasteiger partial charge in [0.05, 0.1) is 10.7 Å². The predicted molar refractivity (Wildman–Crippen MR) is 111 cm³/mol. The maximum Gasteiger partial charge on any atom is 0.276 e. The van der Waals surface area contributed by atoms with E-state index in [0.29, 0.717) is 22.9 Å². The van der Waals surface area contributed by atoms with Crippen LogP contribution in [0.1, 0.15) is 64.6 Å². The van der Waals surface area contributed by atoms with Crippen LogP contribution in [0.3, 0.4) is 0 Å². The Bertz CT molecular complexity index is 1070. The van der Waals surface area contributed by atoms with Gasteiger partial charge in [-0.3, -0.25) is 9.59 Å². The van der Waals surface area contributed by atoms with Crippen molar-refractivity contribution in [3.63, 3.8) is 0 Å². The van der Waals surface area contributed by atoms with Crippen molar-refractivity contribution in [1.82, 2.24) is 9.69 Å². The normalized spacial score (nSPS) is 19.4. The van der Waals surface area contributed by atoms with E-state index in [4.69, 9.17) is 0 Å². The van der Waals surface area contributed by atoms with E-state index in [-0.39, 0.29) is 17.9 Å². The second-order valence-electron chi connectivity index (χ2n) is 7.60. The molecule has 2 aromatic carbocycles. The van der Waals surface area contributed by atoms with Gasteiger partial charge < -0.3 is 10.6 Å². The molecule has 5 rings (SSSR count). The first-order valence-corrected chi connectivity index (χ1v) is 10.6. The molecule has 0 bridgehead atoms. The number of aromatic nitrogens is 1. The van der Waals surface area contributed by atoms with Gasteiger partial charge in [-0.2, -0.15) is 4.37 Å². The number of rotatable bonds is 3. The van der Waals surface area contributed by atoms with E-state index < -0.39 is 0 Å². The highest BCUT2D eigenvalue weighted by Gasteiger charge is 2.37. The summed E-state index contributed by atoms with van der Waals surface area (Å²) >= 11 is 1.32. The molecule has 0 radical (unpaired) electrons. The van der Waals surface area contributed by atoms with E-state index in [9.17, 15) is 9.59 Å². The molecule has 0 spiro atoms. The Kier molecular flexibility index (Phi) is 4.36. The summed E-state index contributed by atoms with van der Waals surface area (Å²) in [5.74, 6) is 0.158. The minimum atomic E-state index is -0.229. The van der Waals surface area contributed by atoms with E-state index in [1.165, 1.54) is 30.8 Å². The van der Waals surface area contributed by atoms with Gasteiger partial charge in [0, 0.05) is 22.2 Å². The molecule has 2 N–H and O–H groups in total. The standard InChI is InChI=1S/C22H21N3O2S/c26-21-15-10-6-11-16(18(15)19(24-21)13-7-2-1-3-8-13)23-22(27)20-14-9-4-5-12-17(14)28-25-20/h4-6,9-13,19H,1-3,7-8H2,(H,23,27)(H,24,26). The lowest BCUT2D eigenvalue weighted by Crippen LogP contribution is -2.27. The smallest absolute Gasteiger partial charge is 0.276 e. The maximum atomic E-state index is 13.0. The highest BCUT2D eigenvalue weighted by Crippen LogP contribution is 2.42. The maximum absolute atomic E-state index is 13.0. The molecular weight excluding hydrogens is 370 g/mol. The van der Waals surface area contributed by atoms with Gasteiger partial charge in [-0.05, 0) is 48.5 Å². The van der Waals surface area contributed by atoms with Crippen molar-refractivity contribution in [3.8, 4) is 0 Å². The molecule has 1 unspecified atom stereocenters. The number of carbonyl (C=O) groups excluding carboxylic acids is 2. The van der Waals surface area contributed by atoms with Crippen LogP contribution in [0.4, 0.5) is 5.69 Å². The molecule has 142 valence electrons. The summed E-state index contributed by atoms with van der Waals surface area (Å²) < 4.78 is 5.34. The molecule has 28 heavy (non-hydrogen) atoms. The van der Waals surface area contributed by atoms with Crippen molar-refractivity contribution >= 4 is 39.1 Å². The molecule has 5 nitrogen and oxygen atoms in total. The molecule has 6 heteroatoms. The van der Waals surface area contributed by atoms with Crippen LogP contribution in [-0.4, -0.2) is 16.2 Å². The summed E-state index contributed by atoms with van der Waals surface area (Å²) in [6.07, 6.45) is 5.89. The minimum absolute atomic E-state index is 0.0218. The number of amides is 2. The molecule has 1 aliphatic heterocycles. The monoisotopic (exact) mass is 391 g/mol. The van der Waals surface area contributed by atoms with E-state index in [0.717, 1.165) is 28.5 Å². The van der Waals surface area contributed by atoms with E-state index in [1.807, 2.05) is 42.5 Å². The van der Waals surface area contributed by atoms with E-state index >= 15 is 0 Å². The number of carbonyl (C=O) groups is 2. The highest BCUT2D eigenvalue weighted by molar-refractivity contribution is 7.13. The Morgan fingerprint density at radius 1 is 1.07 bits per heavy atom. The highest BCUT2D eigenvalue weighted by atomic mass is 32.1. The van der Waals surface area contributed by atoms with Crippen LogP contribution in [0.25, 0.3) is 10.1 Å². The van der Waals surface area contributed by atoms with E-state index in [1.54, 1.807) is 0 Å². The number of fused-ring (bicyclic) bond motifs is 2. The van der Waals surface area contributed by atoms with E-state index in [2.05, 4.69) is 15.0 Å². The molecule has 2 heterocycles. The Morgan fingerprint density at radius 2 is 1.89 bits per heavy atom. The van der Waals surface area contributed by atoms with Crippen LogP contribution in [0.5, 0.6) is 0 Å². The molecule has 2 aliphatic rings. The van der Waals surface area contributed by atoms with Crippen molar-refractivity contribution in [1.29, 1.82) is 0 Å². The van der Waals surface area contributed by atoms with Gasteiger partial charge in [-0.15, -0.1) is 0 Å². The zero-order chi connectivity index (χ0) is 19.1. The quantitative estimate of drug-likeness (QED) is 0.666. The molecule has 2 amide bonds. The topological polar surface area (TPSA) is 71.1 Å². The summed E-state index contributed by atoms with van der Waals surface area (Å²) in [6.45, 7) is 0. The van der Waals surface area contributed by atoms with Crippen molar-refractivity contribution in [2.45, 2.75) is 38.1 Å². The molecule has 1 aromatic heterocycles. The fraction of sp³-hybridized carbons (Fsp3) is 0.318. The zero-order valence-electron chi connectivity index (χ0n) is 15.4. The van der Waals surface area contributed by atoms with Crippen LogP contribution in [0.15, 0.2) is 42.5 Å². The molecular formula is C22H21N3O2S. The number of hydrogen-bond donors (Lipinski definition) is 2. The third kappa shape index (κ3) is 2.88. The molecule has 3 aromatic rings. The number of hydrogen-bond acceptors (Lipinski definition) is 4. The summed E-state index contributed by atoms with van der Waals surface area (Å²) in [7, 11) is 0. The van der Waals surface area contributed by atoms with Crippen molar-refractivity contribution < 1.29 is 9.59 Å². The van der Waals surface area contributed by atoms with Crippen LogP contribution < -0.4 is 10.6 Å². The van der Waals surface area contributed by atoms with Crippen LogP contribution in [-0.2, 0) is 0 Å². The van der Waals surface area contributed by atoms with Crippen molar-refractivity contribution in [2.24, 2.45) is 5.92 Å². The Labute approximate surface area is 167 Å². The average molecular weight is 391 g/mol. The van der Waals surface area contributed by atoms with Crippen LogP contribution >= 0.6 is 11.5 Å². The zero-order valence-corrected chi connectivity index (χ0v) is 16.2. The first-order chi connectivity index (χ1) is 13.7. The van der Waals surface area contributed by atoms with Gasteiger partial charge in [0.1, 0.15) is 5.69 Å². The van der Waals surface area contributed by atoms with Crippen LogP contribution in [0, 0.1) is 5.92 Å². The molecule has 1 saturated carbocycles. The van der Waals surface area contributed by atoms with Gasteiger partial charge in [0.2, 0.25) is 0 Å². The Balaban J connectivity index is 1.49. The lowest BCUT2D eigenvalue weighted by Gasteiger charge is -2.28. The van der Waals surface area contributed by atoms with Crippen LogP contribution in [0.2, 0.25) is 0 Å². The lowest BCUT2D eigenvalue weighted by molar-refractivity contribution is 0.0939. The van der Waals surface area contributed by atoms with Gasteiger partial charge in [0.15, 0.2) is 0 Å².